The number of carbonyl (C=O) groups is 1. The largest absolute Gasteiger partial charge is 0.372 e. The Morgan fingerprint density at radius 2 is 1.90 bits per heavy atom. The molecule has 0 bridgehead atoms. The number of aromatic nitrogens is 1. The highest BCUT2D eigenvalue weighted by molar-refractivity contribution is 7.17. The van der Waals surface area contributed by atoms with Gasteiger partial charge in [-0.3, -0.25) is 4.79 Å². The van der Waals surface area contributed by atoms with Crippen molar-refractivity contribution in [2.45, 2.75) is 13.8 Å². The maximum absolute atomic E-state index is 10.7. The lowest BCUT2D eigenvalue weighted by molar-refractivity contribution is 0.112. The zero-order chi connectivity index (χ0) is 15.2. The molecule has 0 atom stereocenters. The smallest absolute Gasteiger partial charge is 0.232 e. The van der Waals surface area contributed by atoms with Gasteiger partial charge in [-0.2, -0.15) is 0 Å². The van der Waals surface area contributed by atoms with Crippen molar-refractivity contribution in [1.29, 1.82) is 0 Å². The van der Waals surface area contributed by atoms with Crippen LogP contribution in [0.3, 0.4) is 0 Å². The van der Waals surface area contributed by atoms with Crippen molar-refractivity contribution in [1.82, 2.24) is 4.98 Å². The van der Waals surface area contributed by atoms with Gasteiger partial charge in [-0.1, -0.05) is 22.9 Å². The molecule has 0 amide bonds. The van der Waals surface area contributed by atoms with Crippen molar-refractivity contribution in [2.24, 2.45) is 10.2 Å². The van der Waals surface area contributed by atoms with Crippen LogP contribution < -0.4 is 4.90 Å². The first-order chi connectivity index (χ1) is 10.2. The van der Waals surface area contributed by atoms with Crippen molar-refractivity contribution >= 4 is 45.7 Å². The van der Waals surface area contributed by atoms with E-state index < -0.39 is 0 Å². The number of rotatable bonds is 6. The standard InChI is InChI=1S/C14H15ClN4OS/c1-3-19(4-2)11-7-5-10(6-8-11)17-18-14-16-13(15)12(9-20)21-14/h5-9H,3-4H2,1-2H3. The van der Waals surface area contributed by atoms with E-state index in [2.05, 4.69) is 34.0 Å². The minimum absolute atomic E-state index is 0.167. The lowest BCUT2D eigenvalue weighted by atomic mass is 10.2. The van der Waals surface area contributed by atoms with Crippen LogP contribution in [0, 0.1) is 0 Å². The lowest BCUT2D eigenvalue weighted by Gasteiger charge is -2.20. The van der Waals surface area contributed by atoms with Gasteiger partial charge in [0.05, 0.1) is 5.69 Å². The zero-order valence-electron chi connectivity index (χ0n) is 11.8. The highest BCUT2D eigenvalue weighted by Gasteiger charge is 2.07. The molecule has 2 aromatic rings. The van der Waals surface area contributed by atoms with Gasteiger partial charge in [-0.15, -0.1) is 10.2 Å². The third-order valence-corrected chi connectivity index (χ3v) is 4.20. The molecule has 0 aliphatic rings. The van der Waals surface area contributed by atoms with Gasteiger partial charge in [-0.05, 0) is 38.1 Å². The summed E-state index contributed by atoms with van der Waals surface area (Å²) >= 11 is 6.89. The van der Waals surface area contributed by atoms with Crippen LogP contribution in [0.2, 0.25) is 5.15 Å². The molecule has 1 heterocycles. The quantitative estimate of drug-likeness (QED) is 0.563. The highest BCUT2D eigenvalue weighted by Crippen LogP contribution is 2.29. The predicted octanol–water partition coefficient (Wildman–Crippen LogP) is 4.87. The van der Waals surface area contributed by atoms with Crippen molar-refractivity contribution in [3.8, 4) is 0 Å². The summed E-state index contributed by atoms with van der Waals surface area (Å²) in [6, 6.07) is 7.81. The Morgan fingerprint density at radius 3 is 2.43 bits per heavy atom. The number of carbonyl (C=O) groups excluding carboxylic acids is 1. The summed E-state index contributed by atoms with van der Waals surface area (Å²) < 4.78 is 0. The number of benzene rings is 1. The van der Waals surface area contributed by atoms with E-state index in [9.17, 15) is 4.79 Å². The monoisotopic (exact) mass is 322 g/mol. The van der Waals surface area contributed by atoms with Gasteiger partial charge in [0.15, 0.2) is 11.4 Å². The first-order valence-corrected chi connectivity index (χ1v) is 7.75. The summed E-state index contributed by atoms with van der Waals surface area (Å²) in [4.78, 5) is 17.2. The summed E-state index contributed by atoms with van der Waals surface area (Å²) in [5, 5.41) is 8.63. The third kappa shape index (κ3) is 3.86. The molecule has 1 aromatic carbocycles. The fourth-order valence-corrected chi connectivity index (χ4v) is 2.72. The molecule has 0 spiro atoms. The van der Waals surface area contributed by atoms with Gasteiger partial charge < -0.3 is 4.90 Å². The second-order valence-electron chi connectivity index (χ2n) is 4.16. The number of nitrogens with zero attached hydrogens (tertiary/aromatic N) is 4. The molecule has 0 saturated heterocycles. The number of anilines is 1. The molecular weight excluding hydrogens is 308 g/mol. The van der Waals surface area contributed by atoms with Gasteiger partial charge in [-0.25, -0.2) is 4.98 Å². The Balaban J connectivity index is 2.12. The maximum atomic E-state index is 10.7. The van der Waals surface area contributed by atoms with Crippen LogP contribution in [0.4, 0.5) is 16.5 Å². The average Bonchev–Trinajstić information content (AvgIpc) is 2.88. The third-order valence-electron chi connectivity index (χ3n) is 2.93. The topological polar surface area (TPSA) is 57.9 Å². The molecule has 0 aliphatic heterocycles. The SMILES string of the molecule is CCN(CC)c1ccc(N=Nc2nc(Cl)c(C=O)s2)cc1. The molecular formula is C14H15ClN4OS. The maximum Gasteiger partial charge on any atom is 0.232 e. The number of hydrogen-bond donors (Lipinski definition) is 0. The highest BCUT2D eigenvalue weighted by atomic mass is 35.5. The van der Waals surface area contributed by atoms with Gasteiger partial charge in [0, 0.05) is 18.8 Å². The fraction of sp³-hybridized carbons (Fsp3) is 0.286. The minimum Gasteiger partial charge on any atom is -0.372 e. The summed E-state index contributed by atoms with van der Waals surface area (Å²) in [7, 11) is 0. The van der Waals surface area contributed by atoms with Crippen LogP contribution in [0.15, 0.2) is 34.5 Å². The molecule has 0 saturated carbocycles. The predicted molar refractivity (Wildman–Crippen MR) is 86.7 cm³/mol. The van der Waals surface area contributed by atoms with Crippen LogP contribution in [0.25, 0.3) is 0 Å². The Hall–Kier alpha value is -1.79. The molecule has 21 heavy (non-hydrogen) atoms. The number of halogens is 1. The molecule has 0 radical (unpaired) electrons. The molecule has 2 rings (SSSR count). The Bertz CT molecular complexity index is 635. The van der Waals surface area contributed by atoms with E-state index >= 15 is 0 Å². The van der Waals surface area contributed by atoms with E-state index in [0.29, 0.717) is 16.3 Å². The van der Waals surface area contributed by atoms with Crippen molar-refractivity contribution in [2.75, 3.05) is 18.0 Å². The summed E-state index contributed by atoms with van der Waals surface area (Å²) in [6.07, 6.45) is 0.665. The molecule has 0 unspecified atom stereocenters. The van der Waals surface area contributed by atoms with Crippen LogP contribution in [-0.4, -0.2) is 24.4 Å². The van der Waals surface area contributed by atoms with E-state index in [1.807, 2.05) is 24.3 Å². The molecule has 0 aliphatic carbocycles. The van der Waals surface area contributed by atoms with E-state index in [4.69, 9.17) is 11.6 Å². The normalized spacial score (nSPS) is 11.0. The number of hydrogen-bond acceptors (Lipinski definition) is 6. The van der Waals surface area contributed by atoms with E-state index in [1.54, 1.807) is 0 Å². The van der Waals surface area contributed by atoms with Crippen molar-refractivity contribution < 1.29 is 4.79 Å². The first-order valence-electron chi connectivity index (χ1n) is 6.56. The minimum atomic E-state index is 0.167. The molecule has 5 nitrogen and oxygen atoms in total. The molecule has 0 fully saturated rings. The summed E-state index contributed by atoms with van der Waals surface area (Å²) in [5.74, 6) is 0. The second-order valence-corrected chi connectivity index (χ2v) is 5.53. The molecule has 110 valence electrons. The zero-order valence-corrected chi connectivity index (χ0v) is 13.4. The van der Waals surface area contributed by atoms with E-state index in [0.717, 1.165) is 35.8 Å². The van der Waals surface area contributed by atoms with E-state index in [-0.39, 0.29) is 5.15 Å². The van der Waals surface area contributed by atoms with Gasteiger partial charge in [0.25, 0.3) is 0 Å². The van der Waals surface area contributed by atoms with Crippen LogP contribution in [-0.2, 0) is 0 Å². The fourth-order valence-electron chi connectivity index (χ4n) is 1.84. The van der Waals surface area contributed by atoms with Gasteiger partial charge in [0.2, 0.25) is 5.13 Å². The Kier molecular flexibility index (Phi) is 5.41. The Morgan fingerprint density at radius 1 is 1.24 bits per heavy atom. The van der Waals surface area contributed by atoms with Gasteiger partial charge >= 0.3 is 0 Å². The number of thiazole rings is 1. The number of azo groups is 1. The molecule has 7 heteroatoms. The number of aldehydes is 1. The molecule has 1 aromatic heterocycles. The Labute approximate surface area is 132 Å². The van der Waals surface area contributed by atoms with Crippen LogP contribution >= 0.6 is 22.9 Å². The second kappa shape index (κ2) is 7.28. The summed E-state index contributed by atoms with van der Waals surface area (Å²) in [5.41, 5.74) is 1.88. The lowest BCUT2D eigenvalue weighted by Crippen LogP contribution is -2.21. The van der Waals surface area contributed by atoms with Gasteiger partial charge in [0.1, 0.15) is 4.88 Å². The van der Waals surface area contributed by atoms with E-state index in [1.165, 1.54) is 0 Å². The van der Waals surface area contributed by atoms with Crippen molar-refractivity contribution in [3.63, 3.8) is 0 Å². The first kappa shape index (κ1) is 15.6. The van der Waals surface area contributed by atoms with Crippen molar-refractivity contribution in [3.05, 3.63) is 34.3 Å². The average molecular weight is 323 g/mol. The summed E-state index contributed by atoms with van der Waals surface area (Å²) in [6.45, 7) is 6.16. The molecule has 0 N–H and O–H groups in total. The van der Waals surface area contributed by atoms with Crippen LogP contribution in [0.5, 0.6) is 0 Å². The van der Waals surface area contributed by atoms with Crippen LogP contribution in [0.1, 0.15) is 23.5 Å².